The number of hydrogen-bond donors (Lipinski definition) is 1. The standard InChI is InChI=1S/C12H8Cl2FN/c13-7-4-5-8(10(14)6-7)9-2-1-3-11(16)12(9)15/h1-6H,16H2. The van der Waals surface area contributed by atoms with E-state index >= 15 is 0 Å². The van der Waals surface area contributed by atoms with Gasteiger partial charge in [-0.1, -0.05) is 41.4 Å². The van der Waals surface area contributed by atoms with E-state index in [9.17, 15) is 4.39 Å². The molecule has 0 spiro atoms. The van der Waals surface area contributed by atoms with Crippen molar-refractivity contribution in [2.75, 3.05) is 5.73 Å². The molecule has 0 fully saturated rings. The average Bonchev–Trinajstić information content (AvgIpc) is 2.23. The number of halogens is 3. The molecule has 2 aromatic rings. The Balaban J connectivity index is 2.63. The fourth-order valence-corrected chi connectivity index (χ4v) is 1.98. The van der Waals surface area contributed by atoms with E-state index in [2.05, 4.69) is 0 Å². The maximum Gasteiger partial charge on any atom is 0.153 e. The maximum absolute atomic E-state index is 13.8. The largest absolute Gasteiger partial charge is 0.396 e. The highest BCUT2D eigenvalue weighted by atomic mass is 35.5. The lowest BCUT2D eigenvalue weighted by molar-refractivity contribution is 0.636. The molecular formula is C12H8Cl2FN. The molecule has 0 unspecified atom stereocenters. The molecule has 2 N–H and O–H groups in total. The lowest BCUT2D eigenvalue weighted by Gasteiger charge is -2.07. The lowest BCUT2D eigenvalue weighted by atomic mass is 10.0. The van der Waals surface area contributed by atoms with Gasteiger partial charge in [-0.05, 0) is 18.2 Å². The molecule has 0 aliphatic heterocycles. The highest BCUT2D eigenvalue weighted by Crippen LogP contribution is 2.33. The SMILES string of the molecule is Nc1cccc(-c2ccc(Cl)cc2Cl)c1F. The Morgan fingerprint density at radius 1 is 1.00 bits per heavy atom. The third kappa shape index (κ3) is 1.99. The number of nitrogen functional groups attached to an aromatic ring is 1. The minimum atomic E-state index is -0.466. The van der Waals surface area contributed by atoms with Crippen molar-refractivity contribution in [1.29, 1.82) is 0 Å². The van der Waals surface area contributed by atoms with Crippen LogP contribution < -0.4 is 5.73 Å². The third-order valence-electron chi connectivity index (χ3n) is 2.25. The molecule has 0 saturated carbocycles. The van der Waals surface area contributed by atoms with Crippen molar-refractivity contribution in [1.82, 2.24) is 0 Å². The highest BCUT2D eigenvalue weighted by molar-refractivity contribution is 6.36. The maximum atomic E-state index is 13.8. The van der Waals surface area contributed by atoms with Crippen LogP contribution in [0.25, 0.3) is 11.1 Å². The number of benzene rings is 2. The topological polar surface area (TPSA) is 26.0 Å². The molecule has 82 valence electrons. The van der Waals surface area contributed by atoms with Gasteiger partial charge in [0.15, 0.2) is 5.82 Å². The van der Waals surface area contributed by atoms with Gasteiger partial charge in [0, 0.05) is 21.2 Å². The molecule has 0 atom stereocenters. The van der Waals surface area contributed by atoms with E-state index in [0.29, 0.717) is 21.2 Å². The number of anilines is 1. The van der Waals surface area contributed by atoms with E-state index < -0.39 is 5.82 Å². The van der Waals surface area contributed by atoms with Crippen molar-refractivity contribution < 1.29 is 4.39 Å². The van der Waals surface area contributed by atoms with Crippen molar-refractivity contribution in [3.8, 4) is 11.1 Å². The Morgan fingerprint density at radius 3 is 2.44 bits per heavy atom. The van der Waals surface area contributed by atoms with Gasteiger partial charge in [-0.25, -0.2) is 4.39 Å². The monoisotopic (exact) mass is 255 g/mol. The van der Waals surface area contributed by atoms with Crippen LogP contribution in [0.3, 0.4) is 0 Å². The summed E-state index contributed by atoms with van der Waals surface area (Å²) in [5, 5.41) is 0.912. The summed E-state index contributed by atoms with van der Waals surface area (Å²) in [7, 11) is 0. The van der Waals surface area contributed by atoms with Gasteiger partial charge in [-0.2, -0.15) is 0 Å². The smallest absolute Gasteiger partial charge is 0.153 e. The van der Waals surface area contributed by atoms with E-state index in [0.717, 1.165) is 0 Å². The molecule has 0 radical (unpaired) electrons. The Hall–Kier alpha value is -1.25. The van der Waals surface area contributed by atoms with E-state index in [1.807, 2.05) is 0 Å². The molecule has 0 aromatic heterocycles. The summed E-state index contributed by atoms with van der Waals surface area (Å²) in [6.07, 6.45) is 0. The molecule has 16 heavy (non-hydrogen) atoms. The van der Waals surface area contributed by atoms with E-state index in [1.165, 1.54) is 6.07 Å². The summed E-state index contributed by atoms with van der Waals surface area (Å²) in [5.74, 6) is -0.466. The fraction of sp³-hybridized carbons (Fsp3) is 0. The molecule has 0 aliphatic rings. The molecule has 2 aromatic carbocycles. The average molecular weight is 256 g/mol. The Labute approximate surface area is 103 Å². The molecular weight excluding hydrogens is 248 g/mol. The van der Waals surface area contributed by atoms with Gasteiger partial charge in [0.25, 0.3) is 0 Å². The summed E-state index contributed by atoms with van der Waals surface area (Å²) >= 11 is 11.8. The summed E-state index contributed by atoms with van der Waals surface area (Å²) in [6, 6.07) is 9.71. The quantitative estimate of drug-likeness (QED) is 0.752. The van der Waals surface area contributed by atoms with Crippen LogP contribution in [0.1, 0.15) is 0 Å². The molecule has 1 nitrogen and oxygen atoms in total. The zero-order valence-corrected chi connectivity index (χ0v) is 9.69. The van der Waals surface area contributed by atoms with Crippen LogP contribution in [0.5, 0.6) is 0 Å². The van der Waals surface area contributed by atoms with Crippen LogP contribution in [0, 0.1) is 5.82 Å². The second kappa shape index (κ2) is 4.32. The van der Waals surface area contributed by atoms with Gasteiger partial charge in [0.1, 0.15) is 0 Å². The van der Waals surface area contributed by atoms with Crippen molar-refractivity contribution in [3.05, 3.63) is 52.3 Å². The first-order valence-electron chi connectivity index (χ1n) is 4.59. The van der Waals surface area contributed by atoms with E-state index in [1.54, 1.807) is 30.3 Å². The molecule has 4 heteroatoms. The Morgan fingerprint density at radius 2 is 1.75 bits per heavy atom. The molecule has 0 saturated heterocycles. The van der Waals surface area contributed by atoms with Crippen LogP contribution >= 0.6 is 23.2 Å². The fourth-order valence-electron chi connectivity index (χ4n) is 1.47. The predicted molar refractivity (Wildman–Crippen MR) is 66.3 cm³/mol. The summed E-state index contributed by atoms with van der Waals surface area (Å²) in [6.45, 7) is 0. The summed E-state index contributed by atoms with van der Waals surface area (Å²) in [4.78, 5) is 0. The molecule has 0 aliphatic carbocycles. The highest BCUT2D eigenvalue weighted by Gasteiger charge is 2.10. The zero-order valence-electron chi connectivity index (χ0n) is 8.18. The zero-order chi connectivity index (χ0) is 11.7. The second-order valence-corrected chi connectivity index (χ2v) is 4.18. The van der Waals surface area contributed by atoms with Crippen molar-refractivity contribution in [3.63, 3.8) is 0 Å². The first-order chi connectivity index (χ1) is 7.59. The second-order valence-electron chi connectivity index (χ2n) is 3.33. The predicted octanol–water partition coefficient (Wildman–Crippen LogP) is 4.38. The third-order valence-corrected chi connectivity index (χ3v) is 2.80. The van der Waals surface area contributed by atoms with Crippen LogP contribution in [-0.4, -0.2) is 0 Å². The molecule has 0 bridgehead atoms. The van der Waals surface area contributed by atoms with Crippen molar-refractivity contribution in [2.24, 2.45) is 0 Å². The molecule has 0 amide bonds. The number of nitrogens with two attached hydrogens (primary N) is 1. The van der Waals surface area contributed by atoms with Crippen LogP contribution in [-0.2, 0) is 0 Å². The van der Waals surface area contributed by atoms with Crippen molar-refractivity contribution >= 4 is 28.9 Å². The lowest BCUT2D eigenvalue weighted by Crippen LogP contribution is -1.93. The number of rotatable bonds is 1. The van der Waals surface area contributed by atoms with Crippen LogP contribution in [0.2, 0.25) is 10.0 Å². The number of hydrogen-bond acceptors (Lipinski definition) is 1. The molecule has 0 heterocycles. The van der Waals surface area contributed by atoms with Gasteiger partial charge in [-0.15, -0.1) is 0 Å². The summed E-state index contributed by atoms with van der Waals surface area (Å²) < 4.78 is 13.8. The Kier molecular flexibility index (Phi) is 3.03. The first-order valence-corrected chi connectivity index (χ1v) is 5.34. The first kappa shape index (κ1) is 11.2. The van der Waals surface area contributed by atoms with Gasteiger partial charge >= 0.3 is 0 Å². The summed E-state index contributed by atoms with van der Waals surface area (Å²) in [5.41, 5.74) is 6.55. The van der Waals surface area contributed by atoms with Gasteiger partial charge in [0.05, 0.1) is 5.69 Å². The van der Waals surface area contributed by atoms with E-state index in [-0.39, 0.29) is 5.69 Å². The Bertz CT molecular complexity index is 541. The van der Waals surface area contributed by atoms with Gasteiger partial charge < -0.3 is 5.73 Å². The van der Waals surface area contributed by atoms with Gasteiger partial charge in [0.2, 0.25) is 0 Å². The van der Waals surface area contributed by atoms with Crippen LogP contribution in [0.4, 0.5) is 10.1 Å². The van der Waals surface area contributed by atoms with Crippen LogP contribution in [0.15, 0.2) is 36.4 Å². The molecule has 2 rings (SSSR count). The van der Waals surface area contributed by atoms with Gasteiger partial charge in [-0.3, -0.25) is 0 Å². The normalized spacial score (nSPS) is 10.4. The van der Waals surface area contributed by atoms with E-state index in [4.69, 9.17) is 28.9 Å². The van der Waals surface area contributed by atoms with Crippen molar-refractivity contribution in [2.45, 2.75) is 0 Å². The minimum absolute atomic E-state index is 0.100. The minimum Gasteiger partial charge on any atom is -0.396 e.